The zero-order valence-electron chi connectivity index (χ0n) is 17.1. The molecule has 1 atom stereocenters. The smallest absolute Gasteiger partial charge is 0.313 e. The molecule has 28 heavy (non-hydrogen) atoms. The Morgan fingerprint density at radius 1 is 1.18 bits per heavy atom. The van der Waals surface area contributed by atoms with Gasteiger partial charge in [0.2, 0.25) is 0 Å². The lowest BCUT2D eigenvalue weighted by Crippen LogP contribution is -2.49. The molecule has 2 aromatic rings. The van der Waals surface area contributed by atoms with Gasteiger partial charge in [0, 0.05) is 25.5 Å². The summed E-state index contributed by atoms with van der Waals surface area (Å²) in [6.07, 6.45) is 9.80. The van der Waals surface area contributed by atoms with Crippen LogP contribution in [0.15, 0.2) is 48.8 Å². The maximum atomic E-state index is 12.9. The van der Waals surface area contributed by atoms with Crippen molar-refractivity contribution < 1.29 is 9.53 Å². The highest BCUT2D eigenvalue weighted by atomic mass is 16.5. The average Bonchev–Trinajstić information content (AvgIpc) is 3.23. The van der Waals surface area contributed by atoms with Crippen molar-refractivity contribution in [2.75, 3.05) is 26.2 Å². The lowest BCUT2D eigenvalue weighted by atomic mass is 9.75. The molecule has 1 fully saturated rings. The molecule has 1 unspecified atom stereocenters. The van der Waals surface area contributed by atoms with E-state index < -0.39 is 0 Å². The van der Waals surface area contributed by atoms with E-state index in [4.69, 9.17) is 4.74 Å². The van der Waals surface area contributed by atoms with Crippen molar-refractivity contribution >= 4 is 5.97 Å². The molecule has 2 heterocycles. The number of likely N-dealkylation sites (tertiary alicyclic amines) is 1. The van der Waals surface area contributed by atoms with E-state index in [1.54, 1.807) is 0 Å². The molecule has 1 aromatic heterocycles. The Kier molecular flexibility index (Phi) is 7.66. The molecule has 0 aliphatic carbocycles. The highest BCUT2D eigenvalue weighted by molar-refractivity contribution is 5.77. The Labute approximate surface area is 168 Å². The summed E-state index contributed by atoms with van der Waals surface area (Å²) in [4.78, 5) is 15.4. The number of aryl methyl sites for hydroxylation is 2. The quantitative estimate of drug-likeness (QED) is 0.583. The summed E-state index contributed by atoms with van der Waals surface area (Å²) in [5.41, 5.74) is 0.989. The lowest BCUT2D eigenvalue weighted by Gasteiger charge is -2.41. The predicted molar refractivity (Wildman–Crippen MR) is 111 cm³/mol. The molecule has 5 nitrogen and oxygen atoms in total. The second-order valence-electron chi connectivity index (χ2n) is 7.84. The Balaban J connectivity index is 1.56. The topological polar surface area (TPSA) is 47.4 Å². The van der Waals surface area contributed by atoms with Crippen LogP contribution in [0.3, 0.4) is 0 Å². The van der Waals surface area contributed by atoms with Crippen LogP contribution in [0.2, 0.25) is 0 Å². The number of hydrogen-bond acceptors (Lipinski definition) is 4. The third kappa shape index (κ3) is 5.68. The maximum Gasteiger partial charge on any atom is 0.313 e. The van der Waals surface area contributed by atoms with Crippen LogP contribution in [0.1, 0.15) is 44.6 Å². The third-order valence-electron chi connectivity index (χ3n) is 5.75. The van der Waals surface area contributed by atoms with Gasteiger partial charge in [-0.05, 0) is 70.2 Å². The fourth-order valence-electron chi connectivity index (χ4n) is 4.34. The minimum absolute atomic E-state index is 0.000150. The number of benzene rings is 1. The van der Waals surface area contributed by atoms with Gasteiger partial charge in [-0.2, -0.15) is 5.10 Å². The Hall–Kier alpha value is -2.14. The highest BCUT2D eigenvalue weighted by Crippen LogP contribution is 2.36. The number of piperidine rings is 1. The van der Waals surface area contributed by atoms with E-state index in [9.17, 15) is 4.79 Å². The van der Waals surface area contributed by atoms with Crippen molar-refractivity contribution in [3.05, 3.63) is 54.4 Å². The van der Waals surface area contributed by atoms with Gasteiger partial charge in [-0.25, -0.2) is 0 Å². The van der Waals surface area contributed by atoms with E-state index >= 15 is 0 Å². The number of carbonyl (C=O) groups excluding carboxylic acids is 1. The number of hydrogen-bond donors (Lipinski definition) is 0. The molecule has 1 aliphatic rings. The zero-order valence-corrected chi connectivity index (χ0v) is 17.1. The second-order valence-corrected chi connectivity index (χ2v) is 7.84. The Morgan fingerprint density at radius 3 is 2.79 bits per heavy atom. The molecule has 1 aliphatic heterocycles. The third-order valence-corrected chi connectivity index (χ3v) is 5.75. The van der Waals surface area contributed by atoms with E-state index in [2.05, 4.69) is 34.3 Å². The summed E-state index contributed by atoms with van der Waals surface area (Å²) in [7, 11) is 0. The molecule has 152 valence electrons. The molecule has 0 spiro atoms. The maximum absolute atomic E-state index is 12.9. The van der Waals surface area contributed by atoms with E-state index in [-0.39, 0.29) is 11.4 Å². The Morgan fingerprint density at radius 2 is 2.04 bits per heavy atom. The van der Waals surface area contributed by atoms with E-state index in [1.165, 1.54) is 5.56 Å². The highest BCUT2D eigenvalue weighted by Gasteiger charge is 2.42. The van der Waals surface area contributed by atoms with Gasteiger partial charge in [0.15, 0.2) is 0 Å². The van der Waals surface area contributed by atoms with Gasteiger partial charge in [-0.1, -0.05) is 30.3 Å². The van der Waals surface area contributed by atoms with Crippen molar-refractivity contribution in [2.24, 2.45) is 5.41 Å². The van der Waals surface area contributed by atoms with Crippen LogP contribution in [-0.2, 0) is 22.5 Å². The fraction of sp³-hybridized carbons (Fsp3) is 0.565. The summed E-state index contributed by atoms with van der Waals surface area (Å²) >= 11 is 0. The molecule has 1 saturated heterocycles. The molecule has 1 aromatic carbocycles. The number of esters is 1. The minimum Gasteiger partial charge on any atom is -0.466 e. The van der Waals surface area contributed by atoms with E-state index in [0.717, 1.165) is 64.7 Å². The van der Waals surface area contributed by atoms with Crippen LogP contribution < -0.4 is 0 Å². The van der Waals surface area contributed by atoms with Gasteiger partial charge in [-0.15, -0.1) is 0 Å². The van der Waals surface area contributed by atoms with E-state index in [0.29, 0.717) is 6.61 Å². The second kappa shape index (κ2) is 10.4. The molecular formula is C23H33N3O2. The van der Waals surface area contributed by atoms with Crippen molar-refractivity contribution in [1.29, 1.82) is 0 Å². The molecule has 0 bridgehead atoms. The molecule has 0 saturated carbocycles. The summed E-state index contributed by atoms with van der Waals surface area (Å²) in [6, 6.07) is 12.5. The SMILES string of the molecule is CCOC(=O)C1(CCCc2ccccc2)CCCN(CCCn2cccn2)C1. The molecule has 3 rings (SSSR count). The predicted octanol–water partition coefficient (Wildman–Crippen LogP) is 3.94. The van der Waals surface area contributed by atoms with Crippen molar-refractivity contribution in [1.82, 2.24) is 14.7 Å². The van der Waals surface area contributed by atoms with E-state index in [1.807, 2.05) is 36.1 Å². The average molecular weight is 384 g/mol. The van der Waals surface area contributed by atoms with Crippen molar-refractivity contribution in [2.45, 2.75) is 52.0 Å². The fourth-order valence-corrected chi connectivity index (χ4v) is 4.34. The molecule has 5 heteroatoms. The summed E-state index contributed by atoms with van der Waals surface area (Å²) in [6.45, 7) is 6.17. The van der Waals surface area contributed by atoms with Gasteiger partial charge in [-0.3, -0.25) is 9.48 Å². The van der Waals surface area contributed by atoms with Gasteiger partial charge < -0.3 is 9.64 Å². The normalized spacial score (nSPS) is 20.2. The summed E-state index contributed by atoms with van der Waals surface area (Å²) < 4.78 is 7.49. The monoisotopic (exact) mass is 383 g/mol. The number of rotatable bonds is 10. The number of ether oxygens (including phenoxy) is 1. The Bertz CT molecular complexity index is 702. The van der Waals surface area contributed by atoms with Crippen LogP contribution in [0.4, 0.5) is 0 Å². The molecule has 0 amide bonds. The molecule has 0 N–H and O–H groups in total. The van der Waals surface area contributed by atoms with Crippen LogP contribution >= 0.6 is 0 Å². The molecular weight excluding hydrogens is 350 g/mol. The molecule has 0 radical (unpaired) electrons. The first kappa shape index (κ1) is 20.6. The number of nitrogens with zero attached hydrogens (tertiary/aromatic N) is 3. The standard InChI is InChI=1S/C23H33N3O2/c1-2-28-22(27)23(13-6-12-21-10-4-3-5-11-21)14-7-16-25(20-23)17-9-19-26-18-8-15-24-26/h3-5,8,10-11,15,18H,2,6-7,9,12-14,16-17,19-20H2,1H3. The number of aromatic nitrogens is 2. The van der Waals surface area contributed by atoms with Crippen LogP contribution in [-0.4, -0.2) is 46.9 Å². The first-order valence-corrected chi connectivity index (χ1v) is 10.6. The lowest BCUT2D eigenvalue weighted by molar-refractivity contribution is -0.160. The summed E-state index contributed by atoms with van der Waals surface area (Å²) in [5.74, 6) is -0.000150. The van der Waals surface area contributed by atoms with Crippen LogP contribution in [0, 0.1) is 5.41 Å². The van der Waals surface area contributed by atoms with Crippen molar-refractivity contribution in [3.8, 4) is 0 Å². The first-order valence-electron chi connectivity index (χ1n) is 10.6. The van der Waals surface area contributed by atoms with Crippen LogP contribution in [0.5, 0.6) is 0 Å². The first-order chi connectivity index (χ1) is 13.7. The number of carbonyl (C=O) groups is 1. The zero-order chi connectivity index (χ0) is 19.7. The minimum atomic E-state index is -0.352. The van der Waals surface area contributed by atoms with Gasteiger partial charge >= 0.3 is 5.97 Å². The largest absolute Gasteiger partial charge is 0.466 e. The summed E-state index contributed by atoms with van der Waals surface area (Å²) in [5, 5.41) is 4.27. The van der Waals surface area contributed by atoms with Gasteiger partial charge in [0.05, 0.1) is 12.0 Å². The van der Waals surface area contributed by atoms with Gasteiger partial charge in [0.25, 0.3) is 0 Å². The van der Waals surface area contributed by atoms with Gasteiger partial charge in [0.1, 0.15) is 0 Å². The van der Waals surface area contributed by atoms with Crippen molar-refractivity contribution in [3.63, 3.8) is 0 Å². The van der Waals surface area contributed by atoms with Crippen LogP contribution in [0.25, 0.3) is 0 Å².